The molecule has 0 saturated carbocycles. The summed E-state index contributed by atoms with van der Waals surface area (Å²) in [6, 6.07) is 5.04. The molecule has 1 fully saturated rings. The van der Waals surface area contributed by atoms with Crippen LogP contribution < -0.4 is 14.8 Å². The van der Waals surface area contributed by atoms with Crippen LogP contribution in [0.15, 0.2) is 18.2 Å². The van der Waals surface area contributed by atoms with Gasteiger partial charge in [-0.3, -0.25) is 5.32 Å². The van der Waals surface area contributed by atoms with Crippen molar-refractivity contribution in [2.75, 3.05) is 39.2 Å². The van der Waals surface area contributed by atoms with E-state index in [1.807, 2.05) is 0 Å². The van der Waals surface area contributed by atoms with Crippen molar-refractivity contribution in [3.63, 3.8) is 0 Å². The largest absolute Gasteiger partial charge is 0.497 e. The van der Waals surface area contributed by atoms with Gasteiger partial charge in [0.05, 0.1) is 26.5 Å². The second kappa shape index (κ2) is 8.28. The van der Waals surface area contributed by atoms with E-state index in [-0.39, 0.29) is 12.5 Å². The summed E-state index contributed by atoms with van der Waals surface area (Å²) in [5, 5.41) is 11.5. The number of nitrogens with one attached hydrogen (secondary N) is 1. The van der Waals surface area contributed by atoms with Crippen LogP contribution in [-0.2, 0) is 4.74 Å². The first-order chi connectivity index (χ1) is 11.5. The molecule has 1 aliphatic heterocycles. The van der Waals surface area contributed by atoms with Crippen molar-refractivity contribution in [2.24, 2.45) is 5.92 Å². The zero-order chi connectivity index (χ0) is 17.5. The highest BCUT2D eigenvalue weighted by atomic mass is 16.5. The van der Waals surface area contributed by atoms with Crippen LogP contribution in [0.3, 0.4) is 0 Å². The molecule has 2 amide bonds. The number of carboxylic acid groups (broad SMARTS) is 1. The number of carbonyl (C=O) groups excluding carboxylic acids is 1. The molecule has 2 rings (SSSR count). The SMILES string of the molecule is COc1ccc(NC(=O)OCC2CCN(C(=O)O)CC2)c(OC)c1. The number of hydrogen-bond acceptors (Lipinski definition) is 5. The predicted octanol–water partition coefficient (Wildman–Crippen LogP) is 2.64. The Morgan fingerprint density at radius 1 is 1.25 bits per heavy atom. The monoisotopic (exact) mass is 338 g/mol. The van der Waals surface area contributed by atoms with Crippen LogP contribution in [0.25, 0.3) is 0 Å². The Morgan fingerprint density at radius 3 is 2.54 bits per heavy atom. The second-order valence-electron chi connectivity index (χ2n) is 5.50. The van der Waals surface area contributed by atoms with Crippen LogP contribution in [0.1, 0.15) is 12.8 Å². The first-order valence-electron chi connectivity index (χ1n) is 7.67. The standard InChI is InChI=1S/C16H22N2O6/c1-22-12-3-4-13(14(9-12)23-2)17-15(19)24-10-11-5-7-18(8-6-11)16(20)21/h3-4,9,11H,5-8,10H2,1-2H3,(H,17,19)(H,20,21). The normalized spacial score (nSPS) is 14.8. The number of anilines is 1. The third-order valence-corrected chi connectivity index (χ3v) is 3.98. The molecular formula is C16H22N2O6. The molecule has 0 unspecified atom stereocenters. The number of likely N-dealkylation sites (tertiary alicyclic amines) is 1. The molecule has 1 heterocycles. The van der Waals surface area contributed by atoms with E-state index in [1.165, 1.54) is 12.0 Å². The van der Waals surface area contributed by atoms with Crippen LogP contribution >= 0.6 is 0 Å². The van der Waals surface area contributed by atoms with E-state index in [2.05, 4.69) is 5.32 Å². The van der Waals surface area contributed by atoms with Gasteiger partial charge < -0.3 is 24.2 Å². The van der Waals surface area contributed by atoms with Crippen LogP contribution in [-0.4, -0.2) is 56.1 Å². The number of nitrogens with zero attached hydrogens (tertiary/aromatic N) is 1. The Balaban J connectivity index is 1.81. The quantitative estimate of drug-likeness (QED) is 0.856. The van der Waals surface area contributed by atoms with Gasteiger partial charge in [0.2, 0.25) is 0 Å². The molecule has 0 atom stereocenters. The first-order valence-corrected chi connectivity index (χ1v) is 7.67. The van der Waals surface area contributed by atoms with Gasteiger partial charge in [0.15, 0.2) is 0 Å². The molecule has 132 valence electrons. The van der Waals surface area contributed by atoms with Crippen LogP contribution in [0.5, 0.6) is 11.5 Å². The lowest BCUT2D eigenvalue weighted by atomic mass is 9.98. The van der Waals surface area contributed by atoms with Gasteiger partial charge in [0.25, 0.3) is 0 Å². The highest BCUT2D eigenvalue weighted by Gasteiger charge is 2.23. The molecule has 1 aliphatic rings. The molecule has 1 aromatic carbocycles. The Hall–Kier alpha value is -2.64. The van der Waals surface area contributed by atoms with E-state index in [9.17, 15) is 9.59 Å². The minimum Gasteiger partial charge on any atom is -0.497 e. The summed E-state index contributed by atoms with van der Waals surface area (Å²) < 4.78 is 15.5. The fourth-order valence-electron chi connectivity index (χ4n) is 2.53. The molecule has 24 heavy (non-hydrogen) atoms. The van der Waals surface area contributed by atoms with Gasteiger partial charge in [-0.15, -0.1) is 0 Å². The maximum absolute atomic E-state index is 11.9. The molecule has 0 bridgehead atoms. The molecule has 0 radical (unpaired) electrons. The van der Waals surface area contributed by atoms with Gasteiger partial charge in [0.1, 0.15) is 11.5 Å². The second-order valence-corrected chi connectivity index (χ2v) is 5.50. The van der Waals surface area contributed by atoms with Gasteiger partial charge in [-0.05, 0) is 30.9 Å². The third-order valence-electron chi connectivity index (χ3n) is 3.98. The van der Waals surface area contributed by atoms with E-state index in [4.69, 9.17) is 19.3 Å². The van der Waals surface area contributed by atoms with Crippen molar-refractivity contribution < 1.29 is 28.9 Å². The van der Waals surface area contributed by atoms with E-state index in [1.54, 1.807) is 25.3 Å². The number of piperidine rings is 1. The van der Waals surface area contributed by atoms with Gasteiger partial charge in [-0.2, -0.15) is 0 Å². The smallest absolute Gasteiger partial charge is 0.411 e. The summed E-state index contributed by atoms with van der Waals surface area (Å²) in [7, 11) is 3.05. The van der Waals surface area contributed by atoms with Gasteiger partial charge in [0, 0.05) is 19.2 Å². The Morgan fingerprint density at radius 2 is 1.96 bits per heavy atom. The Labute approximate surface area is 140 Å². The molecule has 0 spiro atoms. The highest BCUT2D eigenvalue weighted by molar-refractivity contribution is 5.87. The summed E-state index contributed by atoms with van der Waals surface area (Å²) in [6.45, 7) is 1.20. The van der Waals surface area contributed by atoms with Crippen LogP contribution in [0.4, 0.5) is 15.3 Å². The van der Waals surface area contributed by atoms with Crippen LogP contribution in [0.2, 0.25) is 0 Å². The summed E-state index contributed by atoms with van der Waals surface area (Å²) in [6.07, 6.45) is -0.102. The molecule has 1 saturated heterocycles. The van der Waals surface area contributed by atoms with Crippen molar-refractivity contribution in [3.05, 3.63) is 18.2 Å². The molecule has 2 N–H and O–H groups in total. The minimum absolute atomic E-state index is 0.170. The molecule has 1 aromatic rings. The van der Waals surface area contributed by atoms with Gasteiger partial charge >= 0.3 is 12.2 Å². The fourth-order valence-corrected chi connectivity index (χ4v) is 2.53. The first kappa shape index (κ1) is 17.7. The van der Waals surface area contributed by atoms with Crippen molar-refractivity contribution in [2.45, 2.75) is 12.8 Å². The fraction of sp³-hybridized carbons (Fsp3) is 0.500. The third kappa shape index (κ3) is 4.68. The summed E-state index contributed by atoms with van der Waals surface area (Å²) >= 11 is 0. The lowest BCUT2D eigenvalue weighted by Crippen LogP contribution is -2.38. The number of rotatable bonds is 5. The van der Waals surface area contributed by atoms with Gasteiger partial charge in [-0.25, -0.2) is 9.59 Å². The average Bonchev–Trinajstić information content (AvgIpc) is 2.60. The van der Waals surface area contributed by atoms with E-state index in [0.29, 0.717) is 43.1 Å². The molecule has 0 aromatic heterocycles. The van der Waals surface area contributed by atoms with E-state index in [0.717, 1.165) is 0 Å². The van der Waals surface area contributed by atoms with Crippen molar-refractivity contribution in [1.29, 1.82) is 0 Å². The van der Waals surface area contributed by atoms with E-state index >= 15 is 0 Å². The predicted molar refractivity (Wildman–Crippen MR) is 86.8 cm³/mol. The molecule has 8 nitrogen and oxygen atoms in total. The summed E-state index contributed by atoms with van der Waals surface area (Å²) in [5.41, 5.74) is 0.490. The number of methoxy groups -OCH3 is 2. The number of amides is 2. The summed E-state index contributed by atoms with van der Waals surface area (Å²) in [4.78, 5) is 24.1. The maximum atomic E-state index is 11.9. The highest BCUT2D eigenvalue weighted by Crippen LogP contribution is 2.29. The molecule has 8 heteroatoms. The minimum atomic E-state index is -0.904. The number of ether oxygens (including phenoxy) is 3. The van der Waals surface area contributed by atoms with Crippen molar-refractivity contribution >= 4 is 17.9 Å². The number of carbonyl (C=O) groups is 2. The number of hydrogen-bond donors (Lipinski definition) is 2. The topological polar surface area (TPSA) is 97.3 Å². The maximum Gasteiger partial charge on any atom is 0.411 e. The van der Waals surface area contributed by atoms with Crippen molar-refractivity contribution in [1.82, 2.24) is 4.90 Å². The zero-order valence-electron chi connectivity index (χ0n) is 13.8. The van der Waals surface area contributed by atoms with Crippen molar-refractivity contribution in [3.8, 4) is 11.5 Å². The lowest BCUT2D eigenvalue weighted by molar-refractivity contribution is 0.0948. The Kier molecular flexibility index (Phi) is 6.11. The molecular weight excluding hydrogens is 316 g/mol. The Bertz CT molecular complexity index is 584. The number of benzene rings is 1. The van der Waals surface area contributed by atoms with E-state index < -0.39 is 12.2 Å². The zero-order valence-corrected chi connectivity index (χ0v) is 13.8. The molecule has 0 aliphatic carbocycles. The lowest BCUT2D eigenvalue weighted by Gasteiger charge is -2.29. The summed E-state index contributed by atoms with van der Waals surface area (Å²) in [5.74, 6) is 1.26. The van der Waals surface area contributed by atoms with Crippen LogP contribution in [0, 0.1) is 5.92 Å². The average molecular weight is 338 g/mol. The van der Waals surface area contributed by atoms with Gasteiger partial charge in [-0.1, -0.05) is 0 Å².